The first-order valence-corrected chi connectivity index (χ1v) is 4.95. The lowest BCUT2D eigenvalue weighted by atomic mass is 10.1. The highest BCUT2D eigenvalue weighted by atomic mass is 14.6. The first-order chi connectivity index (χ1) is 5.81. The van der Waals surface area contributed by atoms with Crippen LogP contribution in [0.15, 0.2) is 11.8 Å². The molecule has 0 rings (SSSR count). The first-order valence-electron chi connectivity index (χ1n) is 4.95. The molecule has 0 aliphatic heterocycles. The summed E-state index contributed by atoms with van der Waals surface area (Å²) in [6.45, 7) is 2.97. The standard InChI is InChI=1S/C10H22N2/c1-2-3-7-10(12)8-5-4-6-9-11/h7H,2-6,8-9,11-12H2,1H3/b10-7-. The molecule has 0 atom stereocenters. The smallest absolute Gasteiger partial charge is 0.00399 e. The van der Waals surface area contributed by atoms with Crippen LogP contribution in [0.25, 0.3) is 0 Å². The number of nitrogens with two attached hydrogens (primary N) is 2. The van der Waals surface area contributed by atoms with Gasteiger partial charge in [0.05, 0.1) is 0 Å². The Morgan fingerprint density at radius 3 is 2.58 bits per heavy atom. The minimum Gasteiger partial charge on any atom is -0.402 e. The van der Waals surface area contributed by atoms with E-state index < -0.39 is 0 Å². The van der Waals surface area contributed by atoms with Crippen LogP contribution in [0.5, 0.6) is 0 Å². The number of rotatable bonds is 7. The summed E-state index contributed by atoms with van der Waals surface area (Å²) in [7, 11) is 0. The lowest BCUT2D eigenvalue weighted by Gasteiger charge is -2.00. The normalized spacial score (nSPS) is 12.0. The second kappa shape index (κ2) is 8.60. The Kier molecular flexibility index (Phi) is 8.24. The van der Waals surface area contributed by atoms with Gasteiger partial charge in [0, 0.05) is 5.70 Å². The summed E-state index contributed by atoms with van der Waals surface area (Å²) in [6.07, 6.45) is 9.00. The fraction of sp³-hybridized carbons (Fsp3) is 0.800. The zero-order valence-electron chi connectivity index (χ0n) is 8.18. The molecule has 0 saturated heterocycles. The predicted octanol–water partition coefficient (Wildman–Crippen LogP) is 2.15. The predicted molar refractivity (Wildman–Crippen MR) is 54.7 cm³/mol. The fourth-order valence-electron chi connectivity index (χ4n) is 1.08. The molecule has 12 heavy (non-hydrogen) atoms. The van der Waals surface area contributed by atoms with E-state index in [1.165, 1.54) is 19.3 Å². The third-order valence-corrected chi connectivity index (χ3v) is 1.86. The van der Waals surface area contributed by atoms with Gasteiger partial charge >= 0.3 is 0 Å². The topological polar surface area (TPSA) is 52.0 Å². The van der Waals surface area contributed by atoms with E-state index in [0.29, 0.717) is 0 Å². The molecule has 72 valence electrons. The number of allylic oxidation sites excluding steroid dienone is 2. The van der Waals surface area contributed by atoms with Crippen LogP contribution >= 0.6 is 0 Å². The first kappa shape index (κ1) is 11.5. The van der Waals surface area contributed by atoms with E-state index in [-0.39, 0.29) is 0 Å². The van der Waals surface area contributed by atoms with Gasteiger partial charge in [0.1, 0.15) is 0 Å². The molecular formula is C10H22N2. The van der Waals surface area contributed by atoms with Gasteiger partial charge in [-0.25, -0.2) is 0 Å². The Hall–Kier alpha value is -0.500. The molecule has 0 bridgehead atoms. The van der Waals surface area contributed by atoms with Gasteiger partial charge in [-0.3, -0.25) is 0 Å². The third-order valence-electron chi connectivity index (χ3n) is 1.86. The van der Waals surface area contributed by atoms with Gasteiger partial charge < -0.3 is 11.5 Å². The van der Waals surface area contributed by atoms with Crippen LogP contribution in [0.2, 0.25) is 0 Å². The van der Waals surface area contributed by atoms with E-state index in [9.17, 15) is 0 Å². The Labute approximate surface area is 76.0 Å². The third kappa shape index (κ3) is 7.61. The zero-order chi connectivity index (χ0) is 9.23. The molecule has 4 N–H and O–H groups in total. The van der Waals surface area contributed by atoms with E-state index in [2.05, 4.69) is 13.0 Å². The van der Waals surface area contributed by atoms with Crippen molar-refractivity contribution < 1.29 is 0 Å². The van der Waals surface area contributed by atoms with E-state index in [1.54, 1.807) is 0 Å². The Morgan fingerprint density at radius 2 is 2.00 bits per heavy atom. The number of hydrogen-bond acceptors (Lipinski definition) is 2. The quantitative estimate of drug-likeness (QED) is 0.575. The van der Waals surface area contributed by atoms with Crippen molar-refractivity contribution in [1.29, 1.82) is 0 Å². The van der Waals surface area contributed by atoms with Crippen LogP contribution in [0.3, 0.4) is 0 Å². The number of hydrogen-bond donors (Lipinski definition) is 2. The summed E-state index contributed by atoms with van der Waals surface area (Å²) in [5, 5.41) is 0. The Morgan fingerprint density at radius 1 is 1.25 bits per heavy atom. The Balaban J connectivity index is 3.24. The molecule has 0 aliphatic carbocycles. The van der Waals surface area contributed by atoms with Crippen molar-refractivity contribution in [3.05, 3.63) is 11.8 Å². The van der Waals surface area contributed by atoms with Crippen LogP contribution in [0.1, 0.15) is 45.4 Å². The van der Waals surface area contributed by atoms with E-state index in [0.717, 1.165) is 31.5 Å². The molecule has 0 fully saturated rings. The van der Waals surface area contributed by atoms with Crippen LogP contribution in [0.4, 0.5) is 0 Å². The van der Waals surface area contributed by atoms with Gasteiger partial charge in [-0.1, -0.05) is 25.8 Å². The van der Waals surface area contributed by atoms with Gasteiger partial charge in [0.25, 0.3) is 0 Å². The number of unbranched alkanes of at least 4 members (excludes halogenated alkanes) is 3. The summed E-state index contributed by atoms with van der Waals surface area (Å²) in [5.41, 5.74) is 12.2. The highest BCUT2D eigenvalue weighted by Gasteiger charge is 1.90. The maximum absolute atomic E-state index is 5.77. The maximum atomic E-state index is 5.77. The fourth-order valence-corrected chi connectivity index (χ4v) is 1.08. The molecule has 2 heteroatoms. The van der Waals surface area contributed by atoms with Gasteiger partial charge in [-0.15, -0.1) is 0 Å². The molecule has 0 radical (unpaired) electrons. The van der Waals surface area contributed by atoms with E-state index >= 15 is 0 Å². The van der Waals surface area contributed by atoms with Crippen molar-refractivity contribution in [2.24, 2.45) is 11.5 Å². The van der Waals surface area contributed by atoms with Crippen molar-refractivity contribution >= 4 is 0 Å². The summed E-state index contributed by atoms with van der Waals surface area (Å²) < 4.78 is 0. The molecule has 0 spiro atoms. The average Bonchev–Trinajstić information content (AvgIpc) is 2.09. The van der Waals surface area contributed by atoms with Gasteiger partial charge in [0.2, 0.25) is 0 Å². The van der Waals surface area contributed by atoms with Crippen molar-refractivity contribution in [2.75, 3.05) is 6.54 Å². The van der Waals surface area contributed by atoms with Crippen molar-refractivity contribution in [1.82, 2.24) is 0 Å². The molecule has 0 aromatic carbocycles. The lowest BCUT2D eigenvalue weighted by Crippen LogP contribution is -2.00. The summed E-state index contributed by atoms with van der Waals surface area (Å²) in [6, 6.07) is 0. The zero-order valence-corrected chi connectivity index (χ0v) is 8.18. The molecular weight excluding hydrogens is 148 g/mol. The van der Waals surface area contributed by atoms with E-state index in [1.807, 2.05) is 0 Å². The molecule has 0 saturated carbocycles. The molecule has 0 aromatic heterocycles. The second-order valence-corrected chi connectivity index (χ2v) is 3.17. The molecule has 2 nitrogen and oxygen atoms in total. The van der Waals surface area contributed by atoms with Crippen LogP contribution < -0.4 is 11.5 Å². The summed E-state index contributed by atoms with van der Waals surface area (Å²) in [4.78, 5) is 0. The minimum absolute atomic E-state index is 0.804. The van der Waals surface area contributed by atoms with Crippen LogP contribution in [0, 0.1) is 0 Å². The van der Waals surface area contributed by atoms with Crippen molar-refractivity contribution in [3.8, 4) is 0 Å². The molecule has 0 aliphatic rings. The highest BCUT2D eigenvalue weighted by molar-refractivity contribution is 4.95. The van der Waals surface area contributed by atoms with Gasteiger partial charge in [-0.2, -0.15) is 0 Å². The monoisotopic (exact) mass is 170 g/mol. The van der Waals surface area contributed by atoms with Crippen molar-refractivity contribution in [3.63, 3.8) is 0 Å². The molecule has 0 amide bonds. The maximum Gasteiger partial charge on any atom is 0.00399 e. The largest absolute Gasteiger partial charge is 0.402 e. The second-order valence-electron chi connectivity index (χ2n) is 3.17. The Bertz CT molecular complexity index is 119. The van der Waals surface area contributed by atoms with Crippen molar-refractivity contribution in [2.45, 2.75) is 45.4 Å². The molecule has 0 unspecified atom stereocenters. The van der Waals surface area contributed by atoms with Crippen LogP contribution in [-0.2, 0) is 0 Å². The van der Waals surface area contributed by atoms with Gasteiger partial charge in [0.15, 0.2) is 0 Å². The van der Waals surface area contributed by atoms with E-state index in [4.69, 9.17) is 11.5 Å². The van der Waals surface area contributed by atoms with Crippen LogP contribution in [-0.4, -0.2) is 6.54 Å². The lowest BCUT2D eigenvalue weighted by molar-refractivity contribution is 0.679. The SMILES string of the molecule is CCC/C=C(\N)CCCCCN. The minimum atomic E-state index is 0.804. The summed E-state index contributed by atoms with van der Waals surface area (Å²) in [5.74, 6) is 0. The highest BCUT2D eigenvalue weighted by Crippen LogP contribution is 2.05. The molecule has 0 heterocycles. The summed E-state index contributed by atoms with van der Waals surface area (Å²) >= 11 is 0. The average molecular weight is 170 g/mol. The molecule has 0 aromatic rings. The van der Waals surface area contributed by atoms with Gasteiger partial charge in [-0.05, 0) is 32.2 Å².